The maximum absolute atomic E-state index is 14.2. The van der Waals surface area contributed by atoms with Crippen LogP contribution in [0.4, 0.5) is 41.2 Å². The van der Waals surface area contributed by atoms with Gasteiger partial charge in [0.05, 0.1) is 29.5 Å². The summed E-state index contributed by atoms with van der Waals surface area (Å²) in [6, 6.07) is 35.6. The number of benzene rings is 5. The fourth-order valence-electron chi connectivity index (χ4n) is 14.0. The Balaban J connectivity index is 0.603. The minimum absolute atomic E-state index is 0.0288. The number of nitrogens with zero attached hydrogens (tertiary/aromatic N) is 8. The van der Waals surface area contributed by atoms with Crippen molar-refractivity contribution in [2.75, 3.05) is 119 Å². The molecular formula is C75H88F7N9O8. The SMILES string of the molecule is CN(CCCCCC(=O)N(C)CCN1CCC(OC(=O)Nc2ccccc2-c2ccccc2)CC1)Cc1ccc(C(=O)N(C)CCCN(C)C(=O)CO[C@H]2Cc3ccccc3C23CCN(CC[C@@]2(c4ccc(F)cc4)CN(C(=O)c4cc(C(F)(F)F)cc(C(F)(F)F)c4)CO2)CC3)nc1. The highest BCUT2D eigenvalue weighted by Crippen LogP contribution is 2.48. The first-order valence-corrected chi connectivity index (χ1v) is 34.0. The van der Waals surface area contributed by atoms with Crippen LogP contribution in [0, 0.1) is 5.82 Å². The molecule has 3 fully saturated rings. The van der Waals surface area contributed by atoms with Crippen molar-refractivity contribution in [2.45, 2.75) is 113 Å². The van der Waals surface area contributed by atoms with Gasteiger partial charge >= 0.3 is 18.4 Å². The van der Waals surface area contributed by atoms with Gasteiger partial charge in [0, 0.05) is 103 Å². The van der Waals surface area contributed by atoms with Crippen LogP contribution in [-0.4, -0.2) is 195 Å². The summed E-state index contributed by atoms with van der Waals surface area (Å²) in [6.45, 7) is 6.04. The summed E-state index contributed by atoms with van der Waals surface area (Å²) >= 11 is 0. The van der Waals surface area contributed by atoms with Crippen molar-refractivity contribution in [3.05, 3.63) is 190 Å². The summed E-state index contributed by atoms with van der Waals surface area (Å²) < 4.78 is 116. The molecule has 0 bridgehead atoms. The zero-order valence-electron chi connectivity index (χ0n) is 56.6. The summed E-state index contributed by atoms with van der Waals surface area (Å²) in [5.41, 5.74) is 1.03. The van der Waals surface area contributed by atoms with E-state index >= 15 is 0 Å². The number of pyridine rings is 1. The molecule has 3 saturated heterocycles. The molecule has 1 spiro atoms. The third kappa shape index (κ3) is 19.0. The minimum Gasteiger partial charge on any atom is -0.446 e. The average molecular weight is 1380 g/mol. The second-order valence-corrected chi connectivity index (χ2v) is 26.8. The Bertz CT molecular complexity index is 3690. The van der Waals surface area contributed by atoms with Crippen LogP contribution < -0.4 is 5.32 Å². The number of ether oxygens (including phenoxy) is 3. The lowest BCUT2D eigenvalue weighted by Crippen LogP contribution is -2.50. The molecule has 17 nitrogen and oxygen atoms in total. The molecule has 1 N–H and O–H groups in total. The van der Waals surface area contributed by atoms with Gasteiger partial charge in [-0.1, -0.05) is 97.4 Å². The van der Waals surface area contributed by atoms with E-state index in [1.54, 1.807) is 36.2 Å². The van der Waals surface area contributed by atoms with Gasteiger partial charge in [-0.15, -0.1) is 0 Å². The Kier molecular flexibility index (Phi) is 24.3. The molecule has 5 amide bonds. The molecule has 530 valence electrons. The number of halogens is 7. The van der Waals surface area contributed by atoms with Gasteiger partial charge in [-0.2, -0.15) is 26.3 Å². The number of para-hydroxylation sites is 1. The maximum Gasteiger partial charge on any atom is 0.416 e. The molecule has 0 radical (unpaired) electrons. The highest BCUT2D eigenvalue weighted by Gasteiger charge is 2.50. The largest absolute Gasteiger partial charge is 0.446 e. The number of aromatic nitrogens is 1. The summed E-state index contributed by atoms with van der Waals surface area (Å²) in [6.07, 6.45) is -2.21. The number of likely N-dealkylation sites (N-methyl/N-ethyl adjacent to an activating group) is 2. The fourth-order valence-corrected chi connectivity index (χ4v) is 14.0. The number of carbonyl (C=O) groups excluding carboxylic acids is 5. The lowest BCUT2D eigenvalue weighted by molar-refractivity contribution is -0.143. The lowest BCUT2D eigenvalue weighted by atomic mass is 9.72. The summed E-state index contributed by atoms with van der Waals surface area (Å²) in [5, 5.41) is 2.93. The molecule has 4 aliphatic rings. The van der Waals surface area contributed by atoms with E-state index in [0.717, 1.165) is 91.0 Å². The van der Waals surface area contributed by atoms with Crippen LogP contribution in [0.25, 0.3) is 11.1 Å². The van der Waals surface area contributed by atoms with E-state index in [1.807, 2.05) is 91.8 Å². The number of likely N-dealkylation sites (tertiary alicyclic amines) is 2. The summed E-state index contributed by atoms with van der Waals surface area (Å²) in [5.74, 6) is -1.91. The molecule has 3 aliphatic heterocycles. The number of anilines is 1. The molecule has 99 heavy (non-hydrogen) atoms. The Labute approximate surface area is 574 Å². The Hall–Kier alpha value is -8.29. The maximum atomic E-state index is 14.2. The van der Waals surface area contributed by atoms with Crippen molar-refractivity contribution in [1.29, 1.82) is 0 Å². The average Bonchev–Trinajstić information content (AvgIpc) is 1.63. The predicted octanol–water partition coefficient (Wildman–Crippen LogP) is 12.4. The Morgan fingerprint density at radius 1 is 0.677 bits per heavy atom. The Morgan fingerprint density at radius 2 is 1.33 bits per heavy atom. The van der Waals surface area contributed by atoms with Gasteiger partial charge < -0.3 is 48.5 Å². The first kappa shape index (κ1) is 73.4. The first-order chi connectivity index (χ1) is 47.4. The third-order valence-electron chi connectivity index (χ3n) is 19.9. The van der Waals surface area contributed by atoms with Gasteiger partial charge in [-0.3, -0.25) is 29.5 Å². The molecule has 24 heteroatoms. The highest BCUT2D eigenvalue weighted by atomic mass is 19.4. The van der Waals surface area contributed by atoms with Crippen LogP contribution in [0.2, 0.25) is 0 Å². The van der Waals surface area contributed by atoms with Gasteiger partial charge in [0.1, 0.15) is 36.6 Å². The topological polar surface area (TPSA) is 161 Å². The smallest absolute Gasteiger partial charge is 0.416 e. The van der Waals surface area contributed by atoms with Crippen molar-refractivity contribution < 1.29 is 68.9 Å². The number of nitrogens with one attached hydrogen (secondary N) is 1. The van der Waals surface area contributed by atoms with E-state index in [-0.39, 0.29) is 55.6 Å². The second-order valence-electron chi connectivity index (χ2n) is 26.8. The number of amides is 5. The van der Waals surface area contributed by atoms with E-state index < -0.39 is 64.6 Å². The molecular weight excluding hydrogens is 1290 g/mol. The van der Waals surface area contributed by atoms with Crippen molar-refractivity contribution in [3.8, 4) is 11.1 Å². The van der Waals surface area contributed by atoms with Crippen molar-refractivity contribution in [2.24, 2.45) is 0 Å². The van der Waals surface area contributed by atoms with Gasteiger partial charge in [0.2, 0.25) is 11.8 Å². The number of rotatable bonds is 27. The molecule has 0 unspecified atom stereocenters. The minimum atomic E-state index is -5.15. The van der Waals surface area contributed by atoms with Crippen LogP contribution in [0.5, 0.6) is 0 Å². The van der Waals surface area contributed by atoms with Gasteiger partial charge in [-0.05, 0) is 155 Å². The second kappa shape index (κ2) is 32.8. The van der Waals surface area contributed by atoms with E-state index in [9.17, 15) is 54.7 Å². The van der Waals surface area contributed by atoms with Crippen molar-refractivity contribution >= 4 is 35.4 Å². The van der Waals surface area contributed by atoms with Gasteiger partial charge in [0.15, 0.2) is 0 Å². The molecule has 5 aromatic carbocycles. The van der Waals surface area contributed by atoms with Crippen molar-refractivity contribution in [1.82, 2.24) is 39.3 Å². The van der Waals surface area contributed by atoms with E-state index in [0.29, 0.717) is 107 Å². The zero-order valence-corrected chi connectivity index (χ0v) is 56.6. The van der Waals surface area contributed by atoms with Crippen LogP contribution in [0.1, 0.15) is 118 Å². The van der Waals surface area contributed by atoms with Crippen molar-refractivity contribution in [3.63, 3.8) is 0 Å². The van der Waals surface area contributed by atoms with Crippen LogP contribution in [0.15, 0.2) is 140 Å². The molecule has 4 heterocycles. The highest BCUT2D eigenvalue weighted by molar-refractivity contribution is 5.95. The Morgan fingerprint density at radius 3 is 2.03 bits per heavy atom. The standard InChI is InChI=1S/C75H88F7N9O8/c1-85(34-14-6-9-22-67(92)87(3)42-43-89-37-29-61(30-38-89)99-71(96)84-64-21-13-11-19-62(64)54-16-7-5-8-17-54)49-53-23-28-65(83-48-53)70(95)88(4)36-15-35-86(2)68(93)50-97-66-46-55-18-10-12-20-63(55)72(66)31-39-90(40-32-72)41-33-73(57-24-26-60(76)27-25-57)51-91(52-98-73)69(94)56-44-58(74(77,78)79)47-59(45-56)75(80,81)82/h5,7-8,10-13,16-21,23-28,44-45,47-48,61,66H,6,9,14-15,22,29-43,46,49-52H2,1-4H3,(H,84,96)/t66-,73-/m0/s1. The number of alkyl halides is 6. The molecule has 10 rings (SSSR count). The zero-order chi connectivity index (χ0) is 70.5. The number of carbonyl (C=O) groups is 5. The van der Waals surface area contributed by atoms with Crippen LogP contribution in [-0.2, 0) is 60.1 Å². The third-order valence-corrected chi connectivity index (χ3v) is 19.9. The van der Waals surface area contributed by atoms with Gasteiger partial charge in [-0.25, -0.2) is 9.18 Å². The summed E-state index contributed by atoms with van der Waals surface area (Å²) in [7, 11) is 7.32. The number of hydrogen-bond donors (Lipinski definition) is 1. The number of piperidine rings is 2. The normalized spacial score (nSPS) is 18.1. The number of fused-ring (bicyclic) bond motifs is 2. The molecule has 0 saturated carbocycles. The lowest BCUT2D eigenvalue weighted by Gasteiger charge is -2.44. The molecule has 2 atom stereocenters. The number of hydrogen-bond acceptors (Lipinski definition) is 12. The molecule has 6 aromatic rings. The number of unbranched alkanes of at least 4 members (excludes halogenated alkanes) is 2. The summed E-state index contributed by atoms with van der Waals surface area (Å²) in [4.78, 5) is 84.1. The van der Waals surface area contributed by atoms with Gasteiger partial charge in [0.25, 0.3) is 11.8 Å². The fraction of sp³-hybridized carbons (Fsp3) is 0.467. The monoisotopic (exact) mass is 1380 g/mol. The quantitative estimate of drug-likeness (QED) is 0.0385. The first-order valence-electron chi connectivity index (χ1n) is 34.0. The molecule has 1 aromatic heterocycles. The van der Waals surface area contributed by atoms with E-state index in [2.05, 4.69) is 37.1 Å². The van der Waals surface area contributed by atoms with Crippen LogP contribution in [0.3, 0.4) is 0 Å². The van der Waals surface area contributed by atoms with Crippen LogP contribution >= 0.6 is 0 Å². The molecule has 1 aliphatic carbocycles. The van der Waals surface area contributed by atoms with E-state index in [1.165, 1.54) is 24.3 Å². The predicted molar refractivity (Wildman–Crippen MR) is 361 cm³/mol. The van der Waals surface area contributed by atoms with E-state index in [4.69, 9.17) is 14.2 Å².